The molecule has 1 rings (SSSR count). The molecule has 8 heavy (non-hydrogen) atoms. The van der Waals surface area contributed by atoms with Gasteiger partial charge in [-0.05, 0) is 18.3 Å². The lowest BCUT2D eigenvalue weighted by Gasteiger charge is -2.09. The Balaban J connectivity index is 2.30. The Morgan fingerprint density at radius 2 is 2.25 bits per heavy atom. The van der Waals surface area contributed by atoms with Crippen LogP contribution in [0.3, 0.4) is 0 Å². The lowest BCUT2D eigenvalue weighted by atomic mass is 10.00. The van der Waals surface area contributed by atoms with Crippen LogP contribution in [-0.4, -0.2) is 11.7 Å². The largest absolute Gasteiger partial charge is 0.396 e. The van der Waals surface area contributed by atoms with Gasteiger partial charge in [0.2, 0.25) is 0 Å². The van der Waals surface area contributed by atoms with Gasteiger partial charge in [-0.2, -0.15) is 0 Å². The van der Waals surface area contributed by atoms with E-state index in [9.17, 15) is 0 Å². The van der Waals surface area contributed by atoms with E-state index >= 15 is 0 Å². The van der Waals surface area contributed by atoms with Crippen molar-refractivity contribution < 1.29 is 5.11 Å². The molecule has 1 heteroatoms. The van der Waals surface area contributed by atoms with Crippen LogP contribution in [0.2, 0.25) is 0 Å². The third-order valence-corrected chi connectivity index (χ3v) is 2.27. The van der Waals surface area contributed by atoms with Crippen molar-refractivity contribution in [2.45, 2.75) is 26.2 Å². The number of aliphatic hydroxyl groups is 1. The Bertz CT molecular complexity index is 70.8. The van der Waals surface area contributed by atoms with Gasteiger partial charge in [0.05, 0.1) is 0 Å². The van der Waals surface area contributed by atoms with E-state index in [2.05, 4.69) is 6.92 Å². The monoisotopic (exact) mass is 114 g/mol. The van der Waals surface area contributed by atoms with E-state index in [1.54, 1.807) is 0 Å². The minimum absolute atomic E-state index is 0.404. The van der Waals surface area contributed by atoms with E-state index in [0.717, 1.165) is 5.92 Å². The van der Waals surface area contributed by atoms with Gasteiger partial charge in [-0.25, -0.2) is 0 Å². The zero-order valence-corrected chi connectivity index (χ0v) is 5.43. The molecule has 0 amide bonds. The van der Waals surface area contributed by atoms with Gasteiger partial charge in [0.25, 0.3) is 0 Å². The topological polar surface area (TPSA) is 20.2 Å². The molecule has 0 heterocycles. The van der Waals surface area contributed by atoms with Gasteiger partial charge in [0.15, 0.2) is 0 Å². The summed E-state index contributed by atoms with van der Waals surface area (Å²) in [5.74, 6) is 1.40. The summed E-state index contributed by atoms with van der Waals surface area (Å²) in [6.45, 7) is 2.63. The van der Waals surface area contributed by atoms with E-state index in [-0.39, 0.29) is 0 Å². The standard InChI is InChI=1S/C7H14O/c1-6-3-2-4-7(6)5-8/h6-8H,2-5H2,1H3/t6-,7-/m0/s1. The summed E-state index contributed by atoms with van der Waals surface area (Å²) in [6, 6.07) is 0. The van der Waals surface area contributed by atoms with Gasteiger partial charge in [0.1, 0.15) is 0 Å². The van der Waals surface area contributed by atoms with Crippen LogP contribution in [0, 0.1) is 11.8 Å². The minimum atomic E-state index is 0.404. The molecule has 1 aliphatic carbocycles. The first-order valence-corrected chi connectivity index (χ1v) is 3.45. The van der Waals surface area contributed by atoms with Crippen LogP contribution < -0.4 is 0 Å². The zero-order chi connectivity index (χ0) is 5.98. The molecule has 1 saturated carbocycles. The zero-order valence-electron chi connectivity index (χ0n) is 5.43. The van der Waals surface area contributed by atoms with Crippen LogP contribution in [0.25, 0.3) is 0 Å². The van der Waals surface area contributed by atoms with E-state index in [0.29, 0.717) is 12.5 Å². The van der Waals surface area contributed by atoms with Crippen molar-refractivity contribution in [2.75, 3.05) is 6.61 Å². The Morgan fingerprint density at radius 3 is 2.50 bits per heavy atom. The Labute approximate surface area is 50.7 Å². The van der Waals surface area contributed by atoms with Gasteiger partial charge < -0.3 is 5.11 Å². The van der Waals surface area contributed by atoms with Gasteiger partial charge in [-0.1, -0.05) is 19.8 Å². The highest BCUT2D eigenvalue weighted by Crippen LogP contribution is 2.30. The summed E-state index contributed by atoms with van der Waals surface area (Å²) in [5.41, 5.74) is 0. The number of hydrogen-bond acceptors (Lipinski definition) is 1. The molecule has 2 atom stereocenters. The lowest BCUT2D eigenvalue weighted by molar-refractivity contribution is 0.201. The summed E-state index contributed by atoms with van der Waals surface area (Å²) in [7, 11) is 0. The molecular formula is C7H14O. The second kappa shape index (κ2) is 2.49. The maximum absolute atomic E-state index is 8.74. The first-order valence-electron chi connectivity index (χ1n) is 3.45. The molecule has 0 aromatic carbocycles. The maximum atomic E-state index is 8.74. The van der Waals surface area contributed by atoms with Crippen molar-refractivity contribution in [1.82, 2.24) is 0 Å². The van der Waals surface area contributed by atoms with Gasteiger partial charge in [0, 0.05) is 6.61 Å². The summed E-state index contributed by atoms with van der Waals surface area (Å²) < 4.78 is 0. The fourth-order valence-corrected chi connectivity index (χ4v) is 1.49. The molecule has 1 fully saturated rings. The van der Waals surface area contributed by atoms with Crippen molar-refractivity contribution >= 4 is 0 Å². The fraction of sp³-hybridized carbons (Fsp3) is 1.00. The third kappa shape index (κ3) is 1.03. The van der Waals surface area contributed by atoms with E-state index in [4.69, 9.17) is 5.11 Å². The first-order chi connectivity index (χ1) is 3.84. The molecule has 0 saturated heterocycles. The first kappa shape index (κ1) is 6.09. The predicted molar refractivity (Wildman–Crippen MR) is 33.6 cm³/mol. The van der Waals surface area contributed by atoms with Crippen molar-refractivity contribution in [3.8, 4) is 0 Å². The lowest BCUT2D eigenvalue weighted by Crippen LogP contribution is -2.07. The number of hydrogen-bond donors (Lipinski definition) is 1. The maximum Gasteiger partial charge on any atom is 0.0461 e. The molecule has 1 nitrogen and oxygen atoms in total. The van der Waals surface area contributed by atoms with Crippen LogP contribution in [0.4, 0.5) is 0 Å². The predicted octanol–water partition coefficient (Wildman–Crippen LogP) is 1.41. The Kier molecular flexibility index (Phi) is 1.90. The van der Waals surface area contributed by atoms with Crippen molar-refractivity contribution in [3.05, 3.63) is 0 Å². The Morgan fingerprint density at radius 1 is 1.50 bits per heavy atom. The van der Waals surface area contributed by atoms with Crippen molar-refractivity contribution in [1.29, 1.82) is 0 Å². The van der Waals surface area contributed by atoms with Crippen LogP contribution in [0.1, 0.15) is 26.2 Å². The second-order valence-electron chi connectivity index (χ2n) is 2.85. The highest BCUT2D eigenvalue weighted by Gasteiger charge is 2.21. The fourth-order valence-electron chi connectivity index (χ4n) is 1.49. The summed E-state index contributed by atoms with van der Waals surface area (Å²) in [6.07, 6.45) is 3.90. The molecule has 0 unspecified atom stereocenters. The molecule has 48 valence electrons. The van der Waals surface area contributed by atoms with Crippen LogP contribution >= 0.6 is 0 Å². The summed E-state index contributed by atoms with van der Waals surface area (Å²) >= 11 is 0. The molecule has 0 aromatic rings. The van der Waals surface area contributed by atoms with Crippen LogP contribution in [0.5, 0.6) is 0 Å². The second-order valence-corrected chi connectivity index (χ2v) is 2.85. The molecular weight excluding hydrogens is 100 g/mol. The quantitative estimate of drug-likeness (QED) is 0.546. The molecule has 0 aliphatic heterocycles. The molecule has 1 aliphatic rings. The molecule has 0 aromatic heterocycles. The van der Waals surface area contributed by atoms with E-state index in [1.165, 1.54) is 19.3 Å². The average molecular weight is 114 g/mol. The van der Waals surface area contributed by atoms with E-state index < -0.39 is 0 Å². The molecule has 1 N–H and O–H groups in total. The molecule has 0 bridgehead atoms. The number of aliphatic hydroxyl groups excluding tert-OH is 1. The minimum Gasteiger partial charge on any atom is -0.396 e. The SMILES string of the molecule is C[C@H]1CCC[C@H]1CO. The van der Waals surface area contributed by atoms with Gasteiger partial charge in [-0.3, -0.25) is 0 Å². The van der Waals surface area contributed by atoms with Crippen LogP contribution in [0.15, 0.2) is 0 Å². The molecule has 0 radical (unpaired) electrons. The van der Waals surface area contributed by atoms with Gasteiger partial charge >= 0.3 is 0 Å². The third-order valence-electron chi connectivity index (χ3n) is 2.27. The van der Waals surface area contributed by atoms with Crippen LogP contribution in [-0.2, 0) is 0 Å². The highest BCUT2D eigenvalue weighted by molar-refractivity contribution is 4.72. The molecule has 0 spiro atoms. The van der Waals surface area contributed by atoms with Crippen molar-refractivity contribution in [3.63, 3.8) is 0 Å². The summed E-state index contributed by atoms with van der Waals surface area (Å²) in [5, 5.41) is 8.74. The summed E-state index contributed by atoms with van der Waals surface area (Å²) in [4.78, 5) is 0. The smallest absolute Gasteiger partial charge is 0.0461 e. The Hall–Kier alpha value is -0.0400. The van der Waals surface area contributed by atoms with Crippen molar-refractivity contribution in [2.24, 2.45) is 11.8 Å². The highest BCUT2D eigenvalue weighted by atomic mass is 16.3. The number of rotatable bonds is 1. The van der Waals surface area contributed by atoms with Gasteiger partial charge in [-0.15, -0.1) is 0 Å². The average Bonchev–Trinajstić information content (AvgIpc) is 2.14. The van der Waals surface area contributed by atoms with E-state index in [1.807, 2.05) is 0 Å². The normalized spacial score (nSPS) is 38.2.